The number of anilines is 2. The van der Waals surface area contributed by atoms with Crippen molar-refractivity contribution >= 4 is 23.2 Å². The van der Waals surface area contributed by atoms with Crippen LogP contribution in [0, 0.1) is 6.92 Å². The summed E-state index contributed by atoms with van der Waals surface area (Å²) in [6.07, 6.45) is 5.45. The first-order valence-corrected chi connectivity index (χ1v) is 8.02. The van der Waals surface area contributed by atoms with Crippen LogP contribution in [0.25, 0.3) is 0 Å². The number of hydrogen-bond acceptors (Lipinski definition) is 3. The third-order valence-corrected chi connectivity index (χ3v) is 4.78. The molecule has 3 nitrogen and oxygen atoms in total. The van der Waals surface area contributed by atoms with E-state index in [0.29, 0.717) is 5.15 Å². The first kappa shape index (κ1) is 13.1. The number of benzene rings is 1. The van der Waals surface area contributed by atoms with E-state index in [1.165, 1.54) is 16.8 Å². The molecule has 0 N–H and O–H groups in total. The molecule has 2 aromatic rings. The lowest BCUT2D eigenvalue weighted by Crippen LogP contribution is -2.26. The van der Waals surface area contributed by atoms with Crippen LogP contribution in [0.4, 0.5) is 11.6 Å². The fourth-order valence-electron chi connectivity index (χ4n) is 3.43. The molecule has 108 valence electrons. The molecule has 2 heterocycles. The molecule has 0 amide bonds. The molecule has 1 aliphatic carbocycles. The summed E-state index contributed by atoms with van der Waals surface area (Å²) in [5.41, 5.74) is 6.23. The Bertz CT molecular complexity index is 711. The summed E-state index contributed by atoms with van der Waals surface area (Å²) < 4.78 is 0. The average Bonchev–Trinajstić information content (AvgIpc) is 2.95. The van der Waals surface area contributed by atoms with Crippen LogP contribution in [-0.4, -0.2) is 16.5 Å². The van der Waals surface area contributed by atoms with Gasteiger partial charge in [0.2, 0.25) is 5.95 Å². The fraction of sp³-hybridized carbons (Fsp3) is 0.412. The van der Waals surface area contributed by atoms with Crippen LogP contribution < -0.4 is 4.90 Å². The SMILES string of the molecule is Cc1ccc2c(c1)CCCN2c1nc(Cl)c2c(n1)CCC2. The van der Waals surface area contributed by atoms with Gasteiger partial charge < -0.3 is 4.90 Å². The molecule has 0 spiro atoms. The van der Waals surface area contributed by atoms with Crippen molar-refractivity contribution in [2.75, 3.05) is 11.4 Å². The van der Waals surface area contributed by atoms with Crippen molar-refractivity contribution in [2.45, 2.75) is 39.0 Å². The van der Waals surface area contributed by atoms with Crippen LogP contribution in [0.3, 0.4) is 0 Å². The number of aryl methyl sites for hydroxylation is 3. The first-order valence-electron chi connectivity index (χ1n) is 7.65. The summed E-state index contributed by atoms with van der Waals surface area (Å²) in [6, 6.07) is 6.62. The molecule has 0 saturated heterocycles. The van der Waals surface area contributed by atoms with Crippen LogP contribution >= 0.6 is 11.6 Å². The molecule has 1 aromatic carbocycles. The number of nitrogens with zero attached hydrogens (tertiary/aromatic N) is 3. The van der Waals surface area contributed by atoms with Gasteiger partial charge in [0.15, 0.2) is 0 Å². The van der Waals surface area contributed by atoms with Crippen molar-refractivity contribution in [3.63, 3.8) is 0 Å². The van der Waals surface area contributed by atoms with E-state index in [2.05, 4.69) is 35.0 Å². The molecular formula is C17H18ClN3. The highest BCUT2D eigenvalue weighted by atomic mass is 35.5. The number of hydrogen-bond donors (Lipinski definition) is 0. The van der Waals surface area contributed by atoms with Gasteiger partial charge >= 0.3 is 0 Å². The number of fused-ring (bicyclic) bond motifs is 2. The van der Waals surface area contributed by atoms with Crippen molar-refractivity contribution < 1.29 is 0 Å². The zero-order chi connectivity index (χ0) is 14.4. The Labute approximate surface area is 130 Å². The molecule has 0 atom stereocenters. The highest BCUT2D eigenvalue weighted by Crippen LogP contribution is 2.35. The van der Waals surface area contributed by atoms with Gasteiger partial charge in [0, 0.05) is 17.8 Å². The summed E-state index contributed by atoms with van der Waals surface area (Å²) in [7, 11) is 0. The summed E-state index contributed by atoms with van der Waals surface area (Å²) >= 11 is 6.37. The maximum Gasteiger partial charge on any atom is 0.231 e. The molecule has 0 saturated carbocycles. The monoisotopic (exact) mass is 299 g/mol. The van der Waals surface area contributed by atoms with E-state index in [-0.39, 0.29) is 0 Å². The predicted octanol–water partition coefficient (Wildman–Crippen LogP) is 4.01. The van der Waals surface area contributed by atoms with Crippen LogP contribution in [0.15, 0.2) is 18.2 Å². The van der Waals surface area contributed by atoms with E-state index in [1.54, 1.807) is 0 Å². The maximum absolute atomic E-state index is 6.37. The Kier molecular flexibility index (Phi) is 3.11. The molecular weight excluding hydrogens is 282 g/mol. The Balaban J connectivity index is 1.80. The molecule has 0 unspecified atom stereocenters. The molecule has 0 bridgehead atoms. The highest BCUT2D eigenvalue weighted by Gasteiger charge is 2.24. The molecule has 1 aromatic heterocycles. The molecule has 2 aliphatic rings. The van der Waals surface area contributed by atoms with Gasteiger partial charge in [-0.2, -0.15) is 0 Å². The number of rotatable bonds is 1. The summed E-state index contributed by atoms with van der Waals surface area (Å²) in [6.45, 7) is 3.10. The predicted molar refractivity (Wildman–Crippen MR) is 85.6 cm³/mol. The average molecular weight is 300 g/mol. The van der Waals surface area contributed by atoms with Crippen LogP contribution in [0.1, 0.15) is 35.2 Å². The molecule has 4 rings (SSSR count). The quantitative estimate of drug-likeness (QED) is 0.745. The van der Waals surface area contributed by atoms with Gasteiger partial charge in [0.05, 0.1) is 5.69 Å². The third kappa shape index (κ3) is 2.20. The fourth-order valence-corrected chi connectivity index (χ4v) is 3.71. The van der Waals surface area contributed by atoms with Crippen molar-refractivity contribution in [1.82, 2.24) is 9.97 Å². The van der Waals surface area contributed by atoms with Crippen molar-refractivity contribution in [3.8, 4) is 0 Å². The van der Waals surface area contributed by atoms with E-state index < -0.39 is 0 Å². The lowest BCUT2D eigenvalue weighted by molar-refractivity contribution is 0.746. The van der Waals surface area contributed by atoms with Crippen LogP contribution in [0.5, 0.6) is 0 Å². The van der Waals surface area contributed by atoms with Crippen molar-refractivity contribution in [3.05, 3.63) is 45.7 Å². The van der Waals surface area contributed by atoms with Crippen molar-refractivity contribution in [2.24, 2.45) is 0 Å². The van der Waals surface area contributed by atoms with E-state index in [4.69, 9.17) is 16.6 Å². The lowest BCUT2D eigenvalue weighted by atomic mass is 10.00. The highest BCUT2D eigenvalue weighted by molar-refractivity contribution is 6.30. The second-order valence-corrected chi connectivity index (χ2v) is 6.34. The van der Waals surface area contributed by atoms with Gasteiger partial charge in [-0.15, -0.1) is 0 Å². The normalized spacial score (nSPS) is 16.8. The molecule has 4 heteroatoms. The van der Waals surface area contributed by atoms with Gasteiger partial charge in [-0.25, -0.2) is 9.97 Å². The Morgan fingerprint density at radius 2 is 2.00 bits per heavy atom. The second kappa shape index (κ2) is 4.99. The zero-order valence-electron chi connectivity index (χ0n) is 12.2. The van der Waals surface area contributed by atoms with E-state index in [0.717, 1.165) is 55.9 Å². The minimum absolute atomic E-state index is 0.645. The molecule has 1 aliphatic heterocycles. The second-order valence-electron chi connectivity index (χ2n) is 5.98. The standard InChI is InChI=1S/C17H18ClN3/c1-11-7-8-15-12(10-11)4-3-9-21(15)17-19-14-6-2-5-13(14)16(18)20-17/h7-8,10H,2-6,9H2,1H3. The third-order valence-electron chi connectivity index (χ3n) is 4.47. The van der Waals surface area contributed by atoms with Crippen LogP contribution in [0.2, 0.25) is 5.15 Å². The van der Waals surface area contributed by atoms with Crippen molar-refractivity contribution in [1.29, 1.82) is 0 Å². The maximum atomic E-state index is 6.37. The Morgan fingerprint density at radius 3 is 2.90 bits per heavy atom. The van der Waals surface area contributed by atoms with E-state index in [1.807, 2.05) is 0 Å². The molecule has 0 fully saturated rings. The van der Waals surface area contributed by atoms with Gasteiger partial charge in [-0.05, 0) is 50.7 Å². The van der Waals surface area contributed by atoms with E-state index >= 15 is 0 Å². The van der Waals surface area contributed by atoms with Crippen LogP contribution in [-0.2, 0) is 19.3 Å². The Morgan fingerprint density at radius 1 is 1.10 bits per heavy atom. The van der Waals surface area contributed by atoms with Gasteiger partial charge in [-0.3, -0.25) is 0 Å². The smallest absolute Gasteiger partial charge is 0.231 e. The lowest BCUT2D eigenvalue weighted by Gasteiger charge is -2.30. The largest absolute Gasteiger partial charge is 0.310 e. The first-order chi connectivity index (χ1) is 10.2. The molecule has 21 heavy (non-hydrogen) atoms. The van der Waals surface area contributed by atoms with E-state index in [9.17, 15) is 0 Å². The summed E-state index contributed by atoms with van der Waals surface area (Å²) in [5.74, 6) is 0.769. The van der Waals surface area contributed by atoms with Gasteiger partial charge in [0.1, 0.15) is 5.15 Å². The summed E-state index contributed by atoms with van der Waals surface area (Å²) in [5, 5.41) is 0.645. The van der Waals surface area contributed by atoms with Gasteiger partial charge in [0.25, 0.3) is 0 Å². The minimum atomic E-state index is 0.645. The summed E-state index contributed by atoms with van der Waals surface area (Å²) in [4.78, 5) is 11.6. The topological polar surface area (TPSA) is 29.0 Å². The Hall–Kier alpha value is -1.61. The van der Waals surface area contributed by atoms with Gasteiger partial charge in [-0.1, -0.05) is 29.3 Å². The minimum Gasteiger partial charge on any atom is -0.310 e. The number of halogens is 1. The molecule has 0 radical (unpaired) electrons. The number of aromatic nitrogens is 2. The zero-order valence-corrected chi connectivity index (χ0v) is 13.0.